The van der Waals surface area contributed by atoms with Crippen LogP contribution < -0.4 is 11.5 Å². The van der Waals surface area contributed by atoms with Gasteiger partial charge in [0.25, 0.3) is 0 Å². The topological polar surface area (TPSA) is 128 Å². The number of nitrogens with zero attached hydrogens (tertiary/aromatic N) is 3. The van der Waals surface area contributed by atoms with E-state index in [9.17, 15) is 4.79 Å². The van der Waals surface area contributed by atoms with E-state index in [1.165, 1.54) is 24.4 Å². The molecular formula is C10H9N5O2S. The Morgan fingerprint density at radius 3 is 2.50 bits per heavy atom. The monoisotopic (exact) mass is 263 g/mol. The van der Waals surface area contributed by atoms with Gasteiger partial charge in [0.05, 0.1) is 5.56 Å². The molecule has 0 aliphatic rings. The molecule has 0 spiro atoms. The summed E-state index contributed by atoms with van der Waals surface area (Å²) in [6.07, 6.45) is 1.40. The fraction of sp³-hybridized carbons (Fsp3) is 0. The number of aromatic nitrogens is 3. The Bertz CT molecular complexity index is 584. The summed E-state index contributed by atoms with van der Waals surface area (Å²) in [5.41, 5.74) is 11.2. The number of nitrogens with two attached hydrogens (primary N) is 2. The summed E-state index contributed by atoms with van der Waals surface area (Å²) in [7, 11) is 0. The second-order valence-electron chi connectivity index (χ2n) is 3.29. The van der Waals surface area contributed by atoms with Crippen LogP contribution in [-0.2, 0) is 0 Å². The van der Waals surface area contributed by atoms with Gasteiger partial charge in [-0.1, -0.05) is 0 Å². The number of rotatable bonds is 3. The van der Waals surface area contributed by atoms with Crippen molar-refractivity contribution in [3.8, 4) is 0 Å². The van der Waals surface area contributed by atoms with Crippen LogP contribution in [0.4, 0.5) is 11.6 Å². The summed E-state index contributed by atoms with van der Waals surface area (Å²) in [5.74, 6) is -0.522. The number of pyridine rings is 1. The maximum absolute atomic E-state index is 10.8. The summed E-state index contributed by atoms with van der Waals surface area (Å²) >= 11 is 1.09. The molecule has 92 valence electrons. The number of anilines is 2. The molecule has 0 radical (unpaired) electrons. The summed E-state index contributed by atoms with van der Waals surface area (Å²) in [6.45, 7) is 0. The molecule has 0 fully saturated rings. The summed E-state index contributed by atoms with van der Waals surface area (Å²) in [6, 6.07) is 4.27. The molecule has 0 saturated carbocycles. The Kier molecular flexibility index (Phi) is 3.28. The lowest BCUT2D eigenvalue weighted by atomic mass is 10.3. The average Bonchev–Trinajstić information content (AvgIpc) is 2.27. The number of carbonyl (C=O) groups is 1. The molecule has 8 heteroatoms. The maximum atomic E-state index is 10.8. The highest BCUT2D eigenvalue weighted by Gasteiger charge is 2.08. The fourth-order valence-electron chi connectivity index (χ4n) is 1.20. The fourth-order valence-corrected chi connectivity index (χ4v) is 1.99. The van der Waals surface area contributed by atoms with Crippen molar-refractivity contribution in [2.75, 3.05) is 11.5 Å². The van der Waals surface area contributed by atoms with E-state index in [0.29, 0.717) is 10.2 Å². The molecule has 2 aromatic heterocycles. The average molecular weight is 263 g/mol. The molecule has 0 aliphatic heterocycles. The molecule has 0 aliphatic carbocycles. The molecule has 0 atom stereocenters. The minimum atomic E-state index is -1.02. The quantitative estimate of drug-likeness (QED) is 0.696. The second-order valence-corrected chi connectivity index (χ2v) is 4.28. The van der Waals surface area contributed by atoms with Crippen molar-refractivity contribution >= 4 is 29.4 Å². The van der Waals surface area contributed by atoms with Crippen molar-refractivity contribution in [1.29, 1.82) is 0 Å². The smallest absolute Gasteiger partial charge is 0.335 e. The standard InChI is InChI=1S/C10H9N5O2S/c11-6-4-7(12)15-10(14-6)18-8-3-5(9(16)17)1-2-13-8/h1-4H,(H,16,17)(H4,11,12,14,15). The van der Waals surface area contributed by atoms with Gasteiger partial charge in [0.15, 0.2) is 5.16 Å². The van der Waals surface area contributed by atoms with Crippen molar-refractivity contribution in [1.82, 2.24) is 15.0 Å². The first-order valence-corrected chi connectivity index (χ1v) is 5.63. The molecule has 2 rings (SSSR count). The van der Waals surface area contributed by atoms with Gasteiger partial charge in [-0.25, -0.2) is 19.7 Å². The molecule has 0 aromatic carbocycles. The van der Waals surface area contributed by atoms with E-state index in [0.717, 1.165) is 11.8 Å². The zero-order chi connectivity index (χ0) is 13.1. The Morgan fingerprint density at radius 1 is 1.22 bits per heavy atom. The normalized spacial score (nSPS) is 10.2. The van der Waals surface area contributed by atoms with Gasteiger partial charge in [0.2, 0.25) is 0 Å². The van der Waals surface area contributed by atoms with Crippen molar-refractivity contribution in [3.05, 3.63) is 30.0 Å². The lowest BCUT2D eigenvalue weighted by Crippen LogP contribution is -2.00. The minimum absolute atomic E-state index is 0.143. The highest BCUT2D eigenvalue weighted by Crippen LogP contribution is 2.24. The molecule has 5 N–H and O–H groups in total. The van der Waals surface area contributed by atoms with Crippen molar-refractivity contribution in [2.45, 2.75) is 10.2 Å². The predicted molar refractivity (Wildman–Crippen MR) is 66.2 cm³/mol. The molecule has 18 heavy (non-hydrogen) atoms. The Labute approximate surface area is 106 Å². The number of hydrogen-bond acceptors (Lipinski definition) is 7. The van der Waals surface area contributed by atoms with Gasteiger partial charge in [-0.3, -0.25) is 0 Å². The van der Waals surface area contributed by atoms with Crippen LogP contribution in [-0.4, -0.2) is 26.0 Å². The van der Waals surface area contributed by atoms with Crippen LogP contribution in [0.15, 0.2) is 34.6 Å². The number of carboxylic acid groups (broad SMARTS) is 1. The van der Waals surface area contributed by atoms with Gasteiger partial charge in [0.1, 0.15) is 16.7 Å². The zero-order valence-corrected chi connectivity index (χ0v) is 9.89. The van der Waals surface area contributed by atoms with E-state index in [4.69, 9.17) is 16.6 Å². The first kappa shape index (κ1) is 12.1. The molecule has 0 unspecified atom stereocenters. The van der Waals surface area contributed by atoms with Crippen molar-refractivity contribution in [2.24, 2.45) is 0 Å². The van der Waals surface area contributed by atoms with Crippen LogP contribution >= 0.6 is 11.8 Å². The van der Waals surface area contributed by atoms with Crippen molar-refractivity contribution < 1.29 is 9.90 Å². The van der Waals surface area contributed by atoms with Crippen LogP contribution in [0.1, 0.15) is 10.4 Å². The molecule has 0 saturated heterocycles. The summed E-state index contributed by atoms with van der Waals surface area (Å²) < 4.78 is 0. The molecule has 0 amide bonds. The van der Waals surface area contributed by atoms with Gasteiger partial charge < -0.3 is 16.6 Å². The third-order valence-electron chi connectivity index (χ3n) is 1.92. The highest BCUT2D eigenvalue weighted by atomic mass is 32.2. The summed E-state index contributed by atoms with van der Waals surface area (Å²) in [4.78, 5) is 22.8. The van der Waals surface area contributed by atoms with Crippen LogP contribution in [0, 0.1) is 0 Å². The first-order valence-electron chi connectivity index (χ1n) is 4.82. The van der Waals surface area contributed by atoms with Gasteiger partial charge in [-0.2, -0.15) is 0 Å². The number of nitrogen functional groups attached to an aromatic ring is 2. The Morgan fingerprint density at radius 2 is 1.89 bits per heavy atom. The van der Waals surface area contributed by atoms with Gasteiger partial charge in [-0.15, -0.1) is 0 Å². The second kappa shape index (κ2) is 4.88. The van der Waals surface area contributed by atoms with E-state index < -0.39 is 5.97 Å². The predicted octanol–water partition coefficient (Wildman–Crippen LogP) is 0.885. The van der Waals surface area contributed by atoms with Gasteiger partial charge in [0, 0.05) is 12.3 Å². The van der Waals surface area contributed by atoms with Crippen LogP contribution in [0.3, 0.4) is 0 Å². The lowest BCUT2D eigenvalue weighted by molar-refractivity contribution is 0.0696. The Hall–Kier alpha value is -2.35. The van der Waals surface area contributed by atoms with E-state index in [-0.39, 0.29) is 17.2 Å². The molecule has 0 bridgehead atoms. The van der Waals surface area contributed by atoms with E-state index in [1.54, 1.807) is 0 Å². The molecular weight excluding hydrogens is 254 g/mol. The highest BCUT2D eigenvalue weighted by molar-refractivity contribution is 7.99. The molecule has 2 heterocycles. The first-order chi connectivity index (χ1) is 8.54. The van der Waals surface area contributed by atoms with Gasteiger partial charge in [-0.05, 0) is 23.9 Å². The summed E-state index contributed by atoms with van der Waals surface area (Å²) in [5, 5.41) is 9.64. The van der Waals surface area contributed by atoms with Crippen LogP contribution in [0.5, 0.6) is 0 Å². The van der Waals surface area contributed by atoms with E-state index in [1.807, 2.05) is 0 Å². The third kappa shape index (κ3) is 2.86. The van der Waals surface area contributed by atoms with E-state index >= 15 is 0 Å². The zero-order valence-electron chi connectivity index (χ0n) is 9.07. The van der Waals surface area contributed by atoms with E-state index in [2.05, 4.69) is 15.0 Å². The third-order valence-corrected chi connectivity index (χ3v) is 2.72. The van der Waals surface area contributed by atoms with Crippen LogP contribution in [0.2, 0.25) is 0 Å². The minimum Gasteiger partial charge on any atom is -0.478 e. The Balaban J connectivity index is 2.28. The van der Waals surface area contributed by atoms with Crippen molar-refractivity contribution in [3.63, 3.8) is 0 Å². The maximum Gasteiger partial charge on any atom is 0.335 e. The van der Waals surface area contributed by atoms with Crippen LogP contribution in [0.25, 0.3) is 0 Å². The lowest BCUT2D eigenvalue weighted by Gasteiger charge is -2.02. The number of carboxylic acids is 1. The number of hydrogen-bond donors (Lipinski definition) is 3. The van der Waals surface area contributed by atoms with Gasteiger partial charge >= 0.3 is 5.97 Å². The molecule has 2 aromatic rings. The largest absolute Gasteiger partial charge is 0.478 e. The SMILES string of the molecule is Nc1cc(N)nc(Sc2cc(C(=O)O)ccn2)n1. The molecule has 7 nitrogen and oxygen atoms in total. The number of aromatic carboxylic acids is 1.